The Hall–Kier alpha value is -3.07. The molecule has 0 aliphatic carbocycles. The quantitative estimate of drug-likeness (QED) is 0.666. The summed E-state index contributed by atoms with van der Waals surface area (Å²) in [6.07, 6.45) is -4.60. The maximum absolute atomic E-state index is 13.1. The number of carbonyl (C=O) groups excluding carboxylic acids is 2. The van der Waals surface area contributed by atoms with Gasteiger partial charge < -0.3 is 19.7 Å². The molecule has 1 saturated heterocycles. The van der Waals surface area contributed by atoms with E-state index >= 15 is 0 Å². The highest BCUT2D eigenvalue weighted by atomic mass is 19.4. The Morgan fingerprint density at radius 2 is 1.87 bits per heavy atom. The first-order chi connectivity index (χ1) is 14.7. The molecule has 0 bridgehead atoms. The number of hydrogen-bond acceptors (Lipinski definition) is 4. The average Bonchev–Trinajstić information content (AvgIpc) is 3.11. The number of anilines is 2. The molecule has 0 spiro atoms. The molecule has 9 heteroatoms. The lowest BCUT2D eigenvalue weighted by molar-refractivity contribution is -0.137. The molecule has 1 fully saturated rings. The molecule has 1 N–H and O–H groups in total. The zero-order valence-electron chi connectivity index (χ0n) is 17.2. The van der Waals surface area contributed by atoms with E-state index < -0.39 is 23.6 Å². The maximum atomic E-state index is 13.1. The minimum Gasteiger partial charge on any atom is -0.489 e. The first-order valence-electron chi connectivity index (χ1n) is 9.70. The van der Waals surface area contributed by atoms with Crippen molar-refractivity contribution < 1.29 is 32.2 Å². The Labute approximate surface area is 177 Å². The number of methoxy groups -OCH3 is 1. The number of carbonyl (C=O) groups is 2. The van der Waals surface area contributed by atoms with Gasteiger partial charge in [-0.1, -0.05) is 17.7 Å². The fourth-order valence-corrected chi connectivity index (χ4v) is 3.26. The second-order valence-corrected chi connectivity index (χ2v) is 7.28. The summed E-state index contributed by atoms with van der Waals surface area (Å²) in [5, 5.41) is 2.51. The molecule has 2 aromatic rings. The van der Waals surface area contributed by atoms with Crippen LogP contribution in [-0.2, 0) is 20.5 Å². The number of halogens is 3. The van der Waals surface area contributed by atoms with Crippen molar-refractivity contribution in [3.05, 3.63) is 53.6 Å². The minimum absolute atomic E-state index is 0.0292. The van der Waals surface area contributed by atoms with Gasteiger partial charge in [-0.3, -0.25) is 9.59 Å². The number of nitrogens with zero attached hydrogens (tertiary/aromatic N) is 1. The summed E-state index contributed by atoms with van der Waals surface area (Å²) in [4.78, 5) is 26.7. The normalized spacial score (nSPS) is 16.5. The highest BCUT2D eigenvalue weighted by Gasteiger charge is 2.36. The molecule has 2 amide bonds. The first kappa shape index (κ1) is 22.6. The van der Waals surface area contributed by atoms with E-state index in [-0.39, 0.29) is 43.5 Å². The molecule has 1 aliphatic heterocycles. The molecule has 1 heterocycles. The Morgan fingerprint density at radius 1 is 1.16 bits per heavy atom. The fraction of sp³-hybridized carbons (Fsp3) is 0.364. The topological polar surface area (TPSA) is 67.9 Å². The van der Waals surface area contributed by atoms with E-state index in [1.54, 1.807) is 12.1 Å². The van der Waals surface area contributed by atoms with Gasteiger partial charge in [-0.2, -0.15) is 13.2 Å². The predicted octanol–water partition coefficient (Wildman–Crippen LogP) is 4.03. The van der Waals surface area contributed by atoms with E-state index in [4.69, 9.17) is 9.47 Å². The Kier molecular flexibility index (Phi) is 6.84. The first-order valence-corrected chi connectivity index (χ1v) is 9.70. The van der Waals surface area contributed by atoms with Crippen LogP contribution >= 0.6 is 0 Å². The van der Waals surface area contributed by atoms with Gasteiger partial charge in [0.25, 0.3) is 0 Å². The van der Waals surface area contributed by atoms with E-state index in [1.165, 1.54) is 12.0 Å². The van der Waals surface area contributed by atoms with Crippen LogP contribution in [0.1, 0.15) is 17.5 Å². The Bertz CT molecular complexity index is 945. The van der Waals surface area contributed by atoms with Gasteiger partial charge in [0.2, 0.25) is 11.8 Å². The number of rotatable bonds is 7. The molecule has 0 radical (unpaired) electrons. The highest BCUT2D eigenvalue weighted by molar-refractivity contribution is 6.04. The van der Waals surface area contributed by atoms with Crippen molar-refractivity contribution in [2.24, 2.45) is 5.92 Å². The molecular weight excluding hydrogens is 413 g/mol. The smallest absolute Gasteiger partial charge is 0.416 e. The molecular formula is C22H23F3N2O4. The molecule has 1 aliphatic rings. The van der Waals surface area contributed by atoms with E-state index in [1.807, 2.05) is 19.1 Å². The Morgan fingerprint density at radius 3 is 2.52 bits per heavy atom. The molecule has 166 valence electrons. The highest BCUT2D eigenvalue weighted by Crippen LogP contribution is 2.36. The van der Waals surface area contributed by atoms with Crippen LogP contribution in [0.4, 0.5) is 24.5 Å². The molecule has 3 rings (SSSR count). The van der Waals surface area contributed by atoms with Crippen LogP contribution in [0.25, 0.3) is 0 Å². The van der Waals surface area contributed by atoms with Gasteiger partial charge in [-0.05, 0) is 37.3 Å². The number of nitrogens with one attached hydrogen (secondary N) is 1. The second-order valence-electron chi connectivity index (χ2n) is 7.28. The summed E-state index contributed by atoms with van der Waals surface area (Å²) in [6.45, 7) is 2.41. The van der Waals surface area contributed by atoms with Gasteiger partial charge in [0.15, 0.2) is 0 Å². The molecule has 0 saturated carbocycles. The number of aryl methyl sites for hydroxylation is 1. The third kappa shape index (κ3) is 5.55. The van der Waals surface area contributed by atoms with E-state index in [2.05, 4.69) is 5.32 Å². The van der Waals surface area contributed by atoms with Crippen molar-refractivity contribution in [2.75, 3.05) is 37.1 Å². The van der Waals surface area contributed by atoms with Crippen LogP contribution < -0.4 is 15.0 Å². The standard InChI is InChI=1S/C22H23F3N2O4/c1-14-3-6-17(7-4-14)27-13-15(11-20(27)28)21(29)26-18-12-16(22(23,24)25)5-8-19(18)31-10-9-30-2/h3-8,12,15H,9-11,13H2,1-2H3,(H,26,29). The number of amides is 2. The molecule has 6 nitrogen and oxygen atoms in total. The number of ether oxygens (including phenoxy) is 2. The number of benzene rings is 2. The SMILES string of the molecule is COCCOc1ccc(C(F)(F)F)cc1NC(=O)C1CC(=O)N(c2ccc(C)cc2)C1. The molecule has 0 aromatic heterocycles. The van der Waals surface area contributed by atoms with Crippen molar-refractivity contribution in [2.45, 2.75) is 19.5 Å². The van der Waals surface area contributed by atoms with Crippen molar-refractivity contribution in [3.8, 4) is 5.75 Å². The summed E-state index contributed by atoms with van der Waals surface area (Å²) in [5.74, 6) is -1.36. The van der Waals surface area contributed by atoms with Gasteiger partial charge in [0.1, 0.15) is 12.4 Å². The van der Waals surface area contributed by atoms with Crippen molar-refractivity contribution in [1.82, 2.24) is 0 Å². The van der Waals surface area contributed by atoms with Gasteiger partial charge in [-0.25, -0.2) is 0 Å². The van der Waals surface area contributed by atoms with Gasteiger partial charge >= 0.3 is 6.18 Å². The van der Waals surface area contributed by atoms with Gasteiger partial charge in [-0.15, -0.1) is 0 Å². The largest absolute Gasteiger partial charge is 0.489 e. The average molecular weight is 436 g/mol. The van der Waals surface area contributed by atoms with Crippen LogP contribution in [-0.4, -0.2) is 38.7 Å². The second kappa shape index (κ2) is 9.38. The van der Waals surface area contributed by atoms with Crippen molar-refractivity contribution in [1.29, 1.82) is 0 Å². The lowest BCUT2D eigenvalue weighted by atomic mass is 10.1. The summed E-state index contributed by atoms with van der Waals surface area (Å²) >= 11 is 0. The lowest BCUT2D eigenvalue weighted by Crippen LogP contribution is -2.28. The summed E-state index contributed by atoms with van der Waals surface area (Å²) in [7, 11) is 1.47. The van der Waals surface area contributed by atoms with Crippen LogP contribution in [0.2, 0.25) is 0 Å². The van der Waals surface area contributed by atoms with Crippen LogP contribution in [0, 0.1) is 12.8 Å². The zero-order valence-corrected chi connectivity index (χ0v) is 17.2. The predicted molar refractivity (Wildman–Crippen MR) is 109 cm³/mol. The number of alkyl halides is 3. The maximum Gasteiger partial charge on any atom is 0.416 e. The van der Waals surface area contributed by atoms with Crippen LogP contribution in [0.5, 0.6) is 5.75 Å². The molecule has 2 aromatic carbocycles. The molecule has 1 atom stereocenters. The zero-order chi connectivity index (χ0) is 22.6. The Balaban J connectivity index is 1.76. The number of hydrogen-bond donors (Lipinski definition) is 1. The molecule has 1 unspecified atom stereocenters. The summed E-state index contributed by atoms with van der Waals surface area (Å²) in [5.41, 5.74) is 0.701. The monoisotopic (exact) mass is 436 g/mol. The van der Waals surface area contributed by atoms with Crippen LogP contribution in [0.15, 0.2) is 42.5 Å². The van der Waals surface area contributed by atoms with Crippen molar-refractivity contribution in [3.63, 3.8) is 0 Å². The van der Waals surface area contributed by atoms with E-state index in [9.17, 15) is 22.8 Å². The summed E-state index contributed by atoms with van der Waals surface area (Å²) in [6, 6.07) is 10.2. The fourth-order valence-electron chi connectivity index (χ4n) is 3.26. The summed E-state index contributed by atoms with van der Waals surface area (Å²) < 4.78 is 49.7. The minimum atomic E-state index is -4.57. The van der Waals surface area contributed by atoms with Gasteiger partial charge in [0.05, 0.1) is 23.8 Å². The van der Waals surface area contributed by atoms with Crippen molar-refractivity contribution >= 4 is 23.2 Å². The molecule has 31 heavy (non-hydrogen) atoms. The third-order valence-corrected chi connectivity index (χ3v) is 4.95. The van der Waals surface area contributed by atoms with E-state index in [0.29, 0.717) is 5.69 Å². The van der Waals surface area contributed by atoms with E-state index in [0.717, 1.165) is 23.8 Å². The van der Waals surface area contributed by atoms with Crippen LogP contribution in [0.3, 0.4) is 0 Å². The third-order valence-electron chi connectivity index (χ3n) is 4.95. The van der Waals surface area contributed by atoms with Gasteiger partial charge in [0, 0.05) is 25.8 Å². The lowest BCUT2D eigenvalue weighted by Gasteiger charge is -2.18.